The van der Waals surface area contributed by atoms with Gasteiger partial charge in [0, 0.05) is 12.5 Å². The van der Waals surface area contributed by atoms with Crippen molar-refractivity contribution in [3.05, 3.63) is 76.9 Å². The van der Waals surface area contributed by atoms with Crippen molar-refractivity contribution in [3.8, 4) is 17.4 Å². The van der Waals surface area contributed by atoms with E-state index < -0.39 is 0 Å². The summed E-state index contributed by atoms with van der Waals surface area (Å²) in [4.78, 5) is 17.1. The minimum absolute atomic E-state index is 0.121. The highest BCUT2D eigenvalue weighted by Gasteiger charge is 2.19. The van der Waals surface area contributed by atoms with Crippen molar-refractivity contribution in [3.63, 3.8) is 0 Å². The summed E-state index contributed by atoms with van der Waals surface area (Å²) < 4.78 is 11.9. The highest BCUT2D eigenvalue weighted by molar-refractivity contribution is 7.71. The van der Waals surface area contributed by atoms with Gasteiger partial charge in [0.1, 0.15) is 21.8 Å². The molecule has 0 saturated carbocycles. The van der Waals surface area contributed by atoms with Gasteiger partial charge in [-0.3, -0.25) is 4.79 Å². The molecule has 0 radical (unpaired) electrons. The number of hydrogen-bond acceptors (Lipinski definition) is 4. The molecule has 0 aliphatic rings. The van der Waals surface area contributed by atoms with E-state index in [9.17, 15) is 4.79 Å². The molecule has 1 N–H and O–H groups in total. The molecule has 0 unspecified atom stereocenters. The highest BCUT2D eigenvalue weighted by atomic mass is 32.1. The number of anilines is 1. The summed E-state index contributed by atoms with van der Waals surface area (Å²) in [5.41, 5.74) is 1.49. The molecule has 0 bridgehead atoms. The third kappa shape index (κ3) is 4.54. The van der Waals surface area contributed by atoms with E-state index in [1.165, 1.54) is 6.92 Å². The Morgan fingerprint density at radius 2 is 1.74 bits per heavy atom. The number of pyridine rings is 1. The highest BCUT2D eigenvalue weighted by Crippen LogP contribution is 2.32. The summed E-state index contributed by atoms with van der Waals surface area (Å²) in [5.74, 6) is 1.66. The molecular formula is C21H20N2O3S. The summed E-state index contributed by atoms with van der Waals surface area (Å²) in [6.45, 7) is 1.86. The van der Waals surface area contributed by atoms with Gasteiger partial charge in [-0.25, -0.2) is 0 Å². The van der Waals surface area contributed by atoms with E-state index in [0.717, 1.165) is 11.3 Å². The lowest BCUT2D eigenvalue weighted by atomic mass is 10.1. The van der Waals surface area contributed by atoms with E-state index >= 15 is 0 Å². The van der Waals surface area contributed by atoms with Crippen LogP contribution in [0.5, 0.6) is 17.4 Å². The Morgan fingerprint density at radius 3 is 2.44 bits per heavy atom. The van der Waals surface area contributed by atoms with Crippen LogP contribution in [0.2, 0.25) is 0 Å². The molecule has 0 fully saturated rings. The molecule has 1 heterocycles. The van der Waals surface area contributed by atoms with Gasteiger partial charge >= 0.3 is 0 Å². The molecule has 3 rings (SSSR count). The Morgan fingerprint density at radius 1 is 1.04 bits per heavy atom. The number of aromatic nitrogens is 1. The first-order valence-electron chi connectivity index (χ1n) is 8.44. The van der Waals surface area contributed by atoms with Gasteiger partial charge in [0.05, 0.1) is 13.7 Å². The summed E-state index contributed by atoms with van der Waals surface area (Å²) in [7, 11) is 1.61. The number of hydrogen-bond donors (Lipinski definition) is 1. The predicted molar refractivity (Wildman–Crippen MR) is 108 cm³/mol. The van der Waals surface area contributed by atoms with Gasteiger partial charge in [-0.1, -0.05) is 48.6 Å². The number of amides is 1. The minimum atomic E-state index is -0.121. The van der Waals surface area contributed by atoms with Crippen LogP contribution in [-0.4, -0.2) is 18.0 Å². The topological polar surface area (TPSA) is 54.6 Å². The second kappa shape index (κ2) is 8.51. The van der Waals surface area contributed by atoms with Crippen molar-refractivity contribution >= 4 is 23.8 Å². The van der Waals surface area contributed by atoms with E-state index in [-0.39, 0.29) is 5.91 Å². The van der Waals surface area contributed by atoms with E-state index in [1.54, 1.807) is 24.1 Å². The molecule has 1 amide bonds. The molecule has 0 spiro atoms. The fraction of sp³-hybridized carbons (Fsp3) is 0.143. The van der Waals surface area contributed by atoms with E-state index in [0.29, 0.717) is 28.5 Å². The van der Waals surface area contributed by atoms with Crippen molar-refractivity contribution in [2.45, 2.75) is 13.5 Å². The fourth-order valence-electron chi connectivity index (χ4n) is 2.71. The van der Waals surface area contributed by atoms with Crippen LogP contribution in [0.4, 0.5) is 5.69 Å². The number of nitrogens with zero attached hydrogens (tertiary/aromatic N) is 1. The number of benzene rings is 2. The molecular weight excluding hydrogens is 360 g/mol. The van der Waals surface area contributed by atoms with Crippen LogP contribution in [0.3, 0.4) is 0 Å². The Kier molecular flexibility index (Phi) is 5.88. The van der Waals surface area contributed by atoms with E-state index in [4.69, 9.17) is 21.7 Å². The van der Waals surface area contributed by atoms with Gasteiger partial charge in [0.2, 0.25) is 11.8 Å². The number of ether oxygens (including phenoxy) is 2. The maximum Gasteiger partial charge on any atom is 0.224 e. The summed E-state index contributed by atoms with van der Waals surface area (Å²) in [5, 5.41) is 0. The van der Waals surface area contributed by atoms with Crippen molar-refractivity contribution in [1.82, 2.24) is 4.98 Å². The summed E-state index contributed by atoms with van der Waals surface area (Å²) >= 11 is 5.24. The van der Waals surface area contributed by atoms with Crippen LogP contribution in [0, 0.1) is 4.64 Å². The lowest BCUT2D eigenvalue weighted by Gasteiger charge is -2.24. The maximum absolute atomic E-state index is 12.4. The Hall–Kier alpha value is -3.12. The van der Waals surface area contributed by atoms with Crippen molar-refractivity contribution in [2.24, 2.45) is 0 Å². The van der Waals surface area contributed by atoms with E-state index in [2.05, 4.69) is 4.98 Å². The summed E-state index contributed by atoms with van der Waals surface area (Å²) in [6.07, 6.45) is 0. The molecule has 0 aliphatic heterocycles. The zero-order valence-corrected chi connectivity index (χ0v) is 16.0. The first kappa shape index (κ1) is 18.7. The molecule has 0 atom stereocenters. The maximum atomic E-state index is 12.4. The molecule has 1 aromatic heterocycles. The number of carbonyl (C=O) groups excluding carboxylic acids is 1. The molecule has 5 nitrogen and oxygen atoms in total. The van der Waals surface area contributed by atoms with Crippen LogP contribution in [0.15, 0.2) is 66.7 Å². The van der Waals surface area contributed by atoms with Crippen molar-refractivity contribution in [2.75, 3.05) is 12.0 Å². The normalized spacial score (nSPS) is 10.3. The molecule has 2 aromatic carbocycles. The Bertz CT molecular complexity index is 986. The number of rotatable bonds is 6. The average Bonchev–Trinajstić information content (AvgIpc) is 2.67. The number of para-hydroxylation sites is 2. The molecule has 3 aromatic rings. The van der Waals surface area contributed by atoms with Gasteiger partial charge in [-0.2, -0.15) is 0 Å². The van der Waals surface area contributed by atoms with Crippen LogP contribution < -0.4 is 14.4 Å². The smallest absolute Gasteiger partial charge is 0.224 e. The Balaban J connectivity index is 2.00. The SMILES string of the molecule is COc1ccccc1CN(C(C)=O)c1ccc(=S)[nH]c1Oc1ccccc1. The van der Waals surface area contributed by atoms with Crippen LogP contribution in [0.25, 0.3) is 0 Å². The average molecular weight is 380 g/mol. The lowest BCUT2D eigenvalue weighted by molar-refractivity contribution is -0.116. The quantitative estimate of drug-likeness (QED) is 0.605. The van der Waals surface area contributed by atoms with Crippen LogP contribution >= 0.6 is 12.2 Å². The number of aromatic amines is 1. The zero-order valence-electron chi connectivity index (χ0n) is 15.1. The van der Waals surface area contributed by atoms with Crippen molar-refractivity contribution < 1.29 is 14.3 Å². The zero-order chi connectivity index (χ0) is 19.2. The van der Waals surface area contributed by atoms with Gasteiger partial charge < -0.3 is 19.4 Å². The second-order valence-corrected chi connectivity index (χ2v) is 6.31. The molecule has 6 heteroatoms. The number of nitrogens with one attached hydrogen (secondary N) is 1. The number of methoxy groups -OCH3 is 1. The number of H-pyrrole nitrogens is 1. The molecule has 138 valence electrons. The third-order valence-corrected chi connectivity index (χ3v) is 4.26. The van der Waals surface area contributed by atoms with Crippen LogP contribution in [0.1, 0.15) is 12.5 Å². The van der Waals surface area contributed by atoms with E-state index in [1.807, 2.05) is 54.6 Å². The molecule has 27 heavy (non-hydrogen) atoms. The standard InChI is InChI=1S/C21H20N2O3S/c1-15(24)23(14-16-8-6-7-11-19(16)25-2)18-12-13-20(27)22-21(18)26-17-9-4-3-5-10-17/h3-13H,14H2,1-2H3,(H,22,27). The first-order valence-corrected chi connectivity index (χ1v) is 8.85. The Labute approximate surface area is 163 Å². The van der Waals surface area contributed by atoms with Gasteiger partial charge in [-0.15, -0.1) is 0 Å². The first-order chi connectivity index (χ1) is 13.1. The monoisotopic (exact) mass is 380 g/mol. The molecule has 0 saturated heterocycles. The molecule has 0 aliphatic carbocycles. The van der Waals surface area contributed by atoms with Gasteiger partial charge in [0.15, 0.2) is 0 Å². The van der Waals surface area contributed by atoms with Gasteiger partial charge in [0.25, 0.3) is 0 Å². The second-order valence-electron chi connectivity index (χ2n) is 5.87. The largest absolute Gasteiger partial charge is 0.496 e. The summed E-state index contributed by atoms with van der Waals surface area (Å²) in [6, 6.07) is 20.5. The number of carbonyl (C=O) groups is 1. The van der Waals surface area contributed by atoms with Gasteiger partial charge in [-0.05, 0) is 30.3 Å². The van der Waals surface area contributed by atoms with Crippen LogP contribution in [-0.2, 0) is 11.3 Å². The fourth-order valence-corrected chi connectivity index (χ4v) is 2.88. The minimum Gasteiger partial charge on any atom is -0.496 e. The van der Waals surface area contributed by atoms with Crippen molar-refractivity contribution in [1.29, 1.82) is 0 Å². The third-order valence-electron chi connectivity index (χ3n) is 4.02. The lowest BCUT2D eigenvalue weighted by Crippen LogP contribution is -2.28. The predicted octanol–water partition coefficient (Wildman–Crippen LogP) is 5.10.